The first-order chi connectivity index (χ1) is 14.7. The lowest BCUT2D eigenvalue weighted by atomic mass is 9.96. The maximum Gasteiger partial charge on any atom is 0.451 e. The lowest BCUT2D eigenvalue weighted by molar-refractivity contribution is -0.145. The van der Waals surface area contributed by atoms with Gasteiger partial charge in [0.05, 0.1) is 12.4 Å². The van der Waals surface area contributed by atoms with Gasteiger partial charge >= 0.3 is 6.18 Å². The maximum atomic E-state index is 12.7. The van der Waals surface area contributed by atoms with E-state index in [1.54, 1.807) is 11.8 Å². The smallest absolute Gasteiger partial charge is 0.451 e. The SMILES string of the molecule is C=C(C)C(=O)N1CC=C(C(=C/C=C\C)/C(=C/CC)Oc2cnc(C(F)(F)F)nc2)CC1. The fraction of sp³-hybridized carbons (Fsp3) is 0.348. The van der Waals surface area contributed by atoms with Crippen LogP contribution >= 0.6 is 0 Å². The molecule has 0 aromatic carbocycles. The molecule has 1 aromatic rings. The van der Waals surface area contributed by atoms with Crippen LogP contribution in [0.2, 0.25) is 0 Å². The van der Waals surface area contributed by atoms with Crippen LogP contribution in [0.25, 0.3) is 0 Å². The predicted octanol–water partition coefficient (Wildman–Crippen LogP) is 5.41. The third-order valence-corrected chi connectivity index (χ3v) is 4.43. The summed E-state index contributed by atoms with van der Waals surface area (Å²) in [6.45, 7) is 10.2. The van der Waals surface area contributed by atoms with Crippen molar-refractivity contribution in [2.45, 2.75) is 39.8 Å². The van der Waals surface area contributed by atoms with Gasteiger partial charge in [-0.2, -0.15) is 13.2 Å². The molecule has 1 aliphatic heterocycles. The average Bonchev–Trinajstić information content (AvgIpc) is 2.73. The second-order valence-corrected chi connectivity index (χ2v) is 6.94. The molecule has 0 fully saturated rings. The van der Waals surface area contributed by atoms with Gasteiger partial charge in [0, 0.05) is 24.2 Å². The van der Waals surface area contributed by atoms with Crippen LogP contribution in [0.4, 0.5) is 13.2 Å². The summed E-state index contributed by atoms with van der Waals surface area (Å²) in [5, 5.41) is 0. The van der Waals surface area contributed by atoms with Crippen molar-refractivity contribution in [1.29, 1.82) is 0 Å². The molecule has 5 nitrogen and oxygen atoms in total. The number of nitrogens with zero attached hydrogens (tertiary/aromatic N) is 3. The summed E-state index contributed by atoms with van der Waals surface area (Å²) in [6.07, 6.45) is 8.07. The second-order valence-electron chi connectivity index (χ2n) is 6.94. The highest BCUT2D eigenvalue weighted by Gasteiger charge is 2.34. The number of allylic oxidation sites excluding steroid dienone is 5. The van der Waals surface area contributed by atoms with Crippen LogP contribution < -0.4 is 4.74 Å². The van der Waals surface area contributed by atoms with Crippen LogP contribution in [-0.4, -0.2) is 33.9 Å². The highest BCUT2D eigenvalue weighted by molar-refractivity contribution is 5.92. The molecule has 1 amide bonds. The van der Waals surface area contributed by atoms with E-state index in [9.17, 15) is 18.0 Å². The number of halogens is 3. The number of alkyl halides is 3. The number of rotatable bonds is 7. The molecule has 0 unspecified atom stereocenters. The van der Waals surface area contributed by atoms with Crippen molar-refractivity contribution in [1.82, 2.24) is 14.9 Å². The van der Waals surface area contributed by atoms with Crippen molar-refractivity contribution in [3.63, 3.8) is 0 Å². The minimum absolute atomic E-state index is 0.0863. The molecule has 0 bridgehead atoms. The van der Waals surface area contributed by atoms with E-state index in [0.717, 1.165) is 23.5 Å². The molecular formula is C23H26F3N3O2. The van der Waals surface area contributed by atoms with Crippen LogP contribution in [0.3, 0.4) is 0 Å². The normalized spacial score (nSPS) is 15.8. The van der Waals surface area contributed by atoms with E-state index in [4.69, 9.17) is 4.74 Å². The van der Waals surface area contributed by atoms with Gasteiger partial charge < -0.3 is 9.64 Å². The van der Waals surface area contributed by atoms with Gasteiger partial charge in [-0.15, -0.1) is 0 Å². The molecule has 8 heteroatoms. The third-order valence-electron chi connectivity index (χ3n) is 4.43. The number of hydrogen-bond donors (Lipinski definition) is 0. The Hall–Kier alpha value is -3.16. The quantitative estimate of drug-likeness (QED) is 0.328. The Balaban J connectivity index is 2.31. The number of carbonyl (C=O) groups excluding carboxylic acids is 1. The summed E-state index contributed by atoms with van der Waals surface area (Å²) in [5.74, 6) is -0.705. The summed E-state index contributed by atoms with van der Waals surface area (Å²) < 4.78 is 44.0. The van der Waals surface area contributed by atoms with Gasteiger partial charge in [-0.1, -0.05) is 37.8 Å². The van der Waals surface area contributed by atoms with E-state index in [-0.39, 0.29) is 11.7 Å². The van der Waals surface area contributed by atoms with Gasteiger partial charge in [0.15, 0.2) is 5.75 Å². The van der Waals surface area contributed by atoms with Crippen molar-refractivity contribution in [2.24, 2.45) is 0 Å². The number of ether oxygens (including phenoxy) is 1. The standard InChI is InChI=1S/C23H26F3N3O2/c1-5-7-9-19(17-10-12-29(13-11-17)21(30)16(3)4)20(8-6-2)31-18-14-27-22(28-15-18)23(24,25)26/h5,7-10,14-15H,3,6,11-13H2,1-2,4H3/b7-5-,19-9-,20-8-. The molecule has 0 N–H and O–H groups in total. The zero-order chi connectivity index (χ0) is 23.0. The number of aromatic nitrogens is 2. The highest BCUT2D eigenvalue weighted by Crippen LogP contribution is 2.30. The number of hydrogen-bond acceptors (Lipinski definition) is 4. The minimum atomic E-state index is -4.61. The lowest BCUT2D eigenvalue weighted by Crippen LogP contribution is -2.35. The van der Waals surface area contributed by atoms with Crippen LogP contribution in [0.1, 0.15) is 39.4 Å². The molecule has 2 heterocycles. The molecule has 0 saturated carbocycles. The Labute approximate surface area is 180 Å². The minimum Gasteiger partial charge on any atom is -0.454 e. The van der Waals surface area contributed by atoms with Crippen LogP contribution in [0.5, 0.6) is 5.75 Å². The Morgan fingerprint density at radius 2 is 2.00 bits per heavy atom. The van der Waals surface area contributed by atoms with Gasteiger partial charge in [-0.05, 0) is 38.3 Å². The van der Waals surface area contributed by atoms with Gasteiger partial charge in [0.2, 0.25) is 11.7 Å². The van der Waals surface area contributed by atoms with Crippen LogP contribution in [0, 0.1) is 0 Å². The highest BCUT2D eigenvalue weighted by atomic mass is 19.4. The number of amides is 1. The Kier molecular flexibility index (Phi) is 8.36. The summed E-state index contributed by atoms with van der Waals surface area (Å²) in [5.41, 5.74) is 2.26. The van der Waals surface area contributed by atoms with Gasteiger partial charge in [0.25, 0.3) is 0 Å². The summed E-state index contributed by atoms with van der Waals surface area (Å²) in [4.78, 5) is 20.6. The summed E-state index contributed by atoms with van der Waals surface area (Å²) >= 11 is 0. The summed E-state index contributed by atoms with van der Waals surface area (Å²) in [7, 11) is 0. The van der Waals surface area contributed by atoms with Crippen molar-refractivity contribution >= 4 is 5.91 Å². The molecule has 0 saturated heterocycles. The van der Waals surface area contributed by atoms with Crippen molar-refractivity contribution < 1.29 is 22.7 Å². The van der Waals surface area contributed by atoms with E-state index < -0.39 is 12.0 Å². The van der Waals surface area contributed by atoms with Crippen LogP contribution in [-0.2, 0) is 11.0 Å². The molecule has 1 aromatic heterocycles. The molecule has 0 aliphatic carbocycles. The number of carbonyl (C=O) groups is 1. The largest absolute Gasteiger partial charge is 0.454 e. The molecule has 166 valence electrons. The fourth-order valence-corrected chi connectivity index (χ4v) is 2.94. The molecule has 31 heavy (non-hydrogen) atoms. The van der Waals surface area contributed by atoms with E-state index in [1.807, 2.05) is 44.2 Å². The third kappa shape index (κ3) is 6.67. The van der Waals surface area contributed by atoms with Crippen molar-refractivity contribution in [3.05, 3.63) is 77.7 Å². The molecular weight excluding hydrogens is 407 g/mol. The Morgan fingerprint density at radius 3 is 2.48 bits per heavy atom. The van der Waals surface area contributed by atoms with Crippen LogP contribution in [0.15, 0.2) is 71.8 Å². The van der Waals surface area contributed by atoms with E-state index in [2.05, 4.69) is 16.5 Å². The molecule has 0 atom stereocenters. The Morgan fingerprint density at radius 1 is 1.32 bits per heavy atom. The second kappa shape index (κ2) is 10.7. The monoisotopic (exact) mass is 433 g/mol. The van der Waals surface area contributed by atoms with Gasteiger partial charge in [0.1, 0.15) is 5.76 Å². The topological polar surface area (TPSA) is 55.3 Å². The Bertz CT molecular complexity index is 926. The van der Waals surface area contributed by atoms with E-state index in [0.29, 0.717) is 37.3 Å². The summed E-state index contributed by atoms with van der Waals surface area (Å²) in [6, 6.07) is 0. The molecule has 0 radical (unpaired) electrons. The maximum absolute atomic E-state index is 12.7. The zero-order valence-electron chi connectivity index (χ0n) is 17.9. The first-order valence-electron chi connectivity index (χ1n) is 9.92. The van der Waals surface area contributed by atoms with Gasteiger partial charge in [-0.25, -0.2) is 9.97 Å². The van der Waals surface area contributed by atoms with E-state index in [1.165, 1.54) is 0 Å². The average molecular weight is 433 g/mol. The molecule has 1 aliphatic rings. The van der Waals surface area contributed by atoms with Crippen molar-refractivity contribution in [3.8, 4) is 5.75 Å². The zero-order valence-corrected chi connectivity index (χ0v) is 17.9. The predicted molar refractivity (Wildman–Crippen MR) is 113 cm³/mol. The lowest BCUT2D eigenvalue weighted by Gasteiger charge is -2.28. The fourth-order valence-electron chi connectivity index (χ4n) is 2.94. The first kappa shape index (κ1) is 24.1. The van der Waals surface area contributed by atoms with Crippen molar-refractivity contribution in [2.75, 3.05) is 13.1 Å². The first-order valence-corrected chi connectivity index (χ1v) is 9.92. The molecule has 2 rings (SSSR count). The van der Waals surface area contributed by atoms with Gasteiger partial charge in [-0.3, -0.25) is 4.79 Å². The molecule has 0 spiro atoms. The van der Waals surface area contributed by atoms with E-state index >= 15 is 0 Å².